The Balaban J connectivity index is 1.86. The Hall–Kier alpha value is -0.780. The molecule has 2 N–H and O–H groups in total. The second-order valence-corrected chi connectivity index (χ2v) is 11.1. The number of aliphatic hydroxyl groups excluding tert-OH is 1. The molecule has 4 aliphatic rings. The van der Waals surface area contributed by atoms with Crippen LogP contribution in [0.25, 0.3) is 0 Å². The van der Waals surface area contributed by atoms with Gasteiger partial charge in [0.15, 0.2) is 11.6 Å². The van der Waals surface area contributed by atoms with E-state index in [0.29, 0.717) is 12.8 Å². The van der Waals surface area contributed by atoms with Crippen LogP contribution in [0.3, 0.4) is 0 Å². The zero-order chi connectivity index (χ0) is 20.0. The van der Waals surface area contributed by atoms with E-state index < -0.39 is 26.9 Å². The fraction of sp³-hybridized carbons (Fsp3) is 0.727. The summed E-state index contributed by atoms with van der Waals surface area (Å²) in [5.41, 5.74) is -1.40. The Morgan fingerprint density at radius 1 is 1.30 bits per heavy atom. The largest absolute Gasteiger partial charge is 0.392 e. The van der Waals surface area contributed by atoms with Gasteiger partial charge in [-0.2, -0.15) is 0 Å². The highest BCUT2D eigenvalue weighted by atomic mass is 79.9. The van der Waals surface area contributed by atoms with Gasteiger partial charge in [0.1, 0.15) is 5.60 Å². The average Bonchev–Trinajstić information content (AvgIpc) is 2.85. The van der Waals surface area contributed by atoms with Crippen LogP contribution in [0.5, 0.6) is 0 Å². The van der Waals surface area contributed by atoms with Gasteiger partial charge in [-0.3, -0.25) is 9.59 Å². The Labute approximate surface area is 169 Å². The van der Waals surface area contributed by atoms with E-state index in [2.05, 4.69) is 29.8 Å². The predicted molar refractivity (Wildman–Crippen MR) is 106 cm³/mol. The Kier molecular flexibility index (Phi) is 4.08. The highest BCUT2D eigenvalue weighted by molar-refractivity contribution is 9.10. The molecule has 0 aromatic rings. The van der Waals surface area contributed by atoms with Crippen molar-refractivity contribution in [3.8, 4) is 0 Å². The molecule has 0 amide bonds. The second-order valence-electron chi connectivity index (χ2n) is 9.75. The van der Waals surface area contributed by atoms with E-state index in [1.807, 2.05) is 13.0 Å². The Morgan fingerprint density at radius 2 is 1.96 bits per heavy atom. The predicted octanol–water partition coefficient (Wildman–Crippen LogP) is 3.35. The van der Waals surface area contributed by atoms with Gasteiger partial charge in [-0.15, -0.1) is 0 Å². The number of Topliss-reactive ketones (excluding diaryl/α,β-unsaturated/α-hetero) is 1. The summed E-state index contributed by atoms with van der Waals surface area (Å²) in [6, 6.07) is 0. The topological polar surface area (TPSA) is 74.6 Å². The third kappa shape index (κ3) is 2.11. The molecular formula is C22H29BrO4. The molecule has 0 heterocycles. The van der Waals surface area contributed by atoms with E-state index in [0.717, 1.165) is 18.4 Å². The van der Waals surface area contributed by atoms with Crippen LogP contribution in [0.1, 0.15) is 53.4 Å². The minimum atomic E-state index is -1.37. The van der Waals surface area contributed by atoms with Crippen molar-refractivity contribution in [2.24, 2.45) is 28.6 Å². The molecule has 2 unspecified atom stereocenters. The van der Waals surface area contributed by atoms with Crippen molar-refractivity contribution < 1.29 is 19.8 Å². The smallest absolute Gasteiger partial charge is 0.178 e. The third-order valence-electron chi connectivity index (χ3n) is 8.70. The molecule has 4 rings (SSSR count). The van der Waals surface area contributed by atoms with Crippen LogP contribution in [0.2, 0.25) is 0 Å². The van der Waals surface area contributed by atoms with Gasteiger partial charge in [0.2, 0.25) is 0 Å². The van der Waals surface area contributed by atoms with Gasteiger partial charge in [-0.05, 0) is 62.5 Å². The van der Waals surface area contributed by atoms with Crippen molar-refractivity contribution in [2.75, 3.05) is 0 Å². The molecule has 8 atom stereocenters. The van der Waals surface area contributed by atoms with Crippen molar-refractivity contribution in [3.05, 3.63) is 23.8 Å². The van der Waals surface area contributed by atoms with Gasteiger partial charge in [-0.1, -0.05) is 48.4 Å². The lowest BCUT2D eigenvalue weighted by molar-refractivity contribution is -0.169. The standard InChI is InChI=1S/C22H29BrO4/c1-12-9-17-15-6-8-21(27,13(2)24)20(15,4)11-18(26)22(17,23)19(3)7-5-14(25)10-16(12)19/h5,7,10,12,15,17-18,26-27H,6,8-9,11H2,1-4H3/t12-,15?,17?,18-,19-,20-,21-,22-/m0/s1. The van der Waals surface area contributed by atoms with E-state index in [-0.39, 0.29) is 29.3 Å². The van der Waals surface area contributed by atoms with Crippen LogP contribution < -0.4 is 0 Å². The van der Waals surface area contributed by atoms with E-state index in [4.69, 9.17) is 0 Å². The highest BCUT2D eigenvalue weighted by Crippen LogP contribution is 2.71. The summed E-state index contributed by atoms with van der Waals surface area (Å²) in [6.45, 7) is 7.71. The van der Waals surface area contributed by atoms with Crippen molar-refractivity contribution in [3.63, 3.8) is 0 Å². The number of ketones is 2. The summed E-state index contributed by atoms with van der Waals surface area (Å²) in [7, 11) is 0. The van der Waals surface area contributed by atoms with E-state index in [9.17, 15) is 19.8 Å². The third-order valence-corrected chi connectivity index (χ3v) is 10.6. The van der Waals surface area contributed by atoms with Crippen molar-refractivity contribution in [1.82, 2.24) is 0 Å². The SMILES string of the molecule is CC(=O)[C@@]1(O)CCC2C3C[C@H](C)C4=CC(=O)C=C[C@]4(C)[C@@]3(Br)[C@@H](O)C[C@@]21C. The molecule has 3 fully saturated rings. The monoisotopic (exact) mass is 436 g/mol. The normalized spacial score (nSPS) is 54.0. The minimum absolute atomic E-state index is 0.00540. The average molecular weight is 437 g/mol. The number of halogens is 1. The molecule has 27 heavy (non-hydrogen) atoms. The Morgan fingerprint density at radius 3 is 2.59 bits per heavy atom. The first-order valence-electron chi connectivity index (χ1n) is 9.97. The summed E-state index contributed by atoms with van der Waals surface area (Å²) >= 11 is 4.00. The summed E-state index contributed by atoms with van der Waals surface area (Å²) in [5, 5.41) is 22.7. The van der Waals surface area contributed by atoms with Crippen LogP contribution in [-0.2, 0) is 9.59 Å². The zero-order valence-electron chi connectivity index (χ0n) is 16.5. The van der Waals surface area contributed by atoms with Gasteiger partial charge < -0.3 is 10.2 Å². The lowest BCUT2D eigenvalue weighted by atomic mass is 9.44. The van der Waals surface area contributed by atoms with Gasteiger partial charge >= 0.3 is 0 Å². The quantitative estimate of drug-likeness (QED) is 0.617. The molecular weight excluding hydrogens is 408 g/mol. The molecule has 3 saturated carbocycles. The second kappa shape index (κ2) is 5.64. The first kappa shape index (κ1) is 19.5. The number of rotatable bonds is 1. The maximum absolute atomic E-state index is 12.4. The van der Waals surface area contributed by atoms with Crippen molar-refractivity contribution >= 4 is 27.5 Å². The van der Waals surface area contributed by atoms with E-state index in [1.54, 1.807) is 12.2 Å². The van der Waals surface area contributed by atoms with Crippen LogP contribution in [-0.4, -0.2) is 37.8 Å². The number of carbonyl (C=O) groups excluding carboxylic acids is 2. The molecule has 0 aromatic heterocycles. The first-order valence-corrected chi connectivity index (χ1v) is 10.8. The molecule has 4 aliphatic carbocycles. The maximum Gasteiger partial charge on any atom is 0.178 e. The summed E-state index contributed by atoms with van der Waals surface area (Å²) in [6.07, 6.45) is 7.02. The van der Waals surface area contributed by atoms with Crippen LogP contribution in [0, 0.1) is 28.6 Å². The number of fused-ring (bicyclic) bond motifs is 5. The zero-order valence-corrected chi connectivity index (χ0v) is 18.0. The number of hydrogen-bond acceptors (Lipinski definition) is 4. The molecule has 0 radical (unpaired) electrons. The lowest BCUT2D eigenvalue weighted by Crippen LogP contribution is -2.68. The summed E-state index contributed by atoms with van der Waals surface area (Å²) in [4.78, 5) is 24.4. The summed E-state index contributed by atoms with van der Waals surface area (Å²) in [5.74, 6) is 0.266. The van der Waals surface area contributed by atoms with Crippen LogP contribution in [0.4, 0.5) is 0 Å². The molecule has 148 valence electrons. The lowest BCUT2D eigenvalue weighted by Gasteiger charge is -2.65. The Bertz CT molecular complexity index is 787. The first-order chi connectivity index (χ1) is 12.4. The number of aliphatic hydroxyl groups is 2. The van der Waals surface area contributed by atoms with Gasteiger partial charge in [0.25, 0.3) is 0 Å². The van der Waals surface area contributed by atoms with Gasteiger partial charge in [-0.25, -0.2) is 0 Å². The minimum Gasteiger partial charge on any atom is -0.392 e. The summed E-state index contributed by atoms with van der Waals surface area (Å²) < 4.78 is -0.609. The van der Waals surface area contributed by atoms with Crippen molar-refractivity contribution in [1.29, 1.82) is 0 Å². The van der Waals surface area contributed by atoms with E-state index >= 15 is 0 Å². The van der Waals surface area contributed by atoms with Gasteiger partial charge in [0, 0.05) is 10.8 Å². The molecule has 0 saturated heterocycles. The van der Waals surface area contributed by atoms with E-state index in [1.165, 1.54) is 6.92 Å². The van der Waals surface area contributed by atoms with Gasteiger partial charge in [0.05, 0.1) is 10.4 Å². The molecule has 0 bridgehead atoms. The molecule has 0 spiro atoms. The van der Waals surface area contributed by atoms with Crippen LogP contribution >= 0.6 is 15.9 Å². The fourth-order valence-electron chi connectivity index (χ4n) is 7.18. The van der Waals surface area contributed by atoms with Crippen molar-refractivity contribution in [2.45, 2.75) is 69.4 Å². The molecule has 5 heteroatoms. The molecule has 0 aromatic carbocycles. The fourth-order valence-corrected chi connectivity index (χ4v) is 8.21. The maximum atomic E-state index is 12.4. The van der Waals surface area contributed by atoms with Crippen LogP contribution in [0.15, 0.2) is 23.8 Å². The molecule has 0 aliphatic heterocycles. The number of alkyl halides is 1. The number of allylic oxidation sites excluding steroid dienone is 4. The number of carbonyl (C=O) groups is 2. The molecule has 4 nitrogen and oxygen atoms in total. The highest BCUT2D eigenvalue weighted by Gasteiger charge is 2.72. The number of hydrogen-bond donors (Lipinski definition) is 2.